The molecule has 0 saturated carbocycles. The summed E-state index contributed by atoms with van der Waals surface area (Å²) >= 11 is 0. The molecular formula is C12H22N2O. The Morgan fingerprint density at radius 1 is 1.33 bits per heavy atom. The van der Waals surface area contributed by atoms with E-state index in [9.17, 15) is 0 Å². The van der Waals surface area contributed by atoms with Crippen molar-refractivity contribution in [2.24, 2.45) is 0 Å². The number of rotatable bonds is 4. The first-order valence-corrected chi connectivity index (χ1v) is 5.62. The highest BCUT2D eigenvalue weighted by atomic mass is 16.4. The SMILES string of the molecule is CCNCCc1nc(C(C)(C)C)c(C)o1. The number of likely N-dealkylation sites (N-methyl/N-ethyl adjacent to an activating group) is 1. The van der Waals surface area contributed by atoms with Crippen LogP contribution in [0, 0.1) is 6.92 Å². The first-order valence-electron chi connectivity index (χ1n) is 5.62. The zero-order valence-electron chi connectivity index (χ0n) is 10.5. The molecule has 0 spiro atoms. The van der Waals surface area contributed by atoms with Gasteiger partial charge in [-0.15, -0.1) is 0 Å². The molecule has 0 aromatic carbocycles. The van der Waals surface area contributed by atoms with Crippen LogP contribution in [0.15, 0.2) is 4.42 Å². The molecule has 0 aliphatic heterocycles. The van der Waals surface area contributed by atoms with Gasteiger partial charge in [-0.25, -0.2) is 4.98 Å². The Morgan fingerprint density at radius 3 is 2.47 bits per heavy atom. The summed E-state index contributed by atoms with van der Waals surface area (Å²) in [6.45, 7) is 12.5. The predicted octanol–water partition coefficient (Wildman–Crippen LogP) is 2.43. The molecule has 1 heterocycles. The quantitative estimate of drug-likeness (QED) is 0.776. The molecule has 0 aliphatic rings. The molecule has 0 amide bonds. The van der Waals surface area contributed by atoms with Crippen LogP contribution < -0.4 is 5.32 Å². The number of aromatic nitrogens is 1. The zero-order valence-corrected chi connectivity index (χ0v) is 10.5. The van der Waals surface area contributed by atoms with Gasteiger partial charge in [0.1, 0.15) is 5.76 Å². The number of aryl methyl sites for hydroxylation is 1. The third-order valence-corrected chi connectivity index (χ3v) is 2.32. The van der Waals surface area contributed by atoms with Gasteiger partial charge in [0, 0.05) is 18.4 Å². The number of nitrogens with zero attached hydrogens (tertiary/aromatic N) is 1. The Bertz CT molecular complexity index is 310. The van der Waals surface area contributed by atoms with Crippen molar-refractivity contribution >= 4 is 0 Å². The topological polar surface area (TPSA) is 38.1 Å². The molecule has 1 N–H and O–H groups in total. The number of hydrogen-bond donors (Lipinski definition) is 1. The van der Waals surface area contributed by atoms with E-state index in [2.05, 4.69) is 38.0 Å². The van der Waals surface area contributed by atoms with Crippen molar-refractivity contribution in [1.82, 2.24) is 10.3 Å². The van der Waals surface area contributed by atoms with Crippen LogP contribution in [0.5, 0.6) is 0 Å². The van der Waals surface area contributed by atoms with Gasteiger partial charge in [-0.1, -0.05) is 27.7 Å². The van der Waals surface area contributed by atoms with Gasteiger partial charge in [-0.2, -0.15) is 0 Å². The maximum Gasteiger partial charge on any atom is 0.195 e. The van der Waals surface area contributed by atoms with Crippen LogP contribution in [0.3, 0.4) is 0 Å². The minimum absolute atomic E-state index is 0.0734. The summed E-state index contributed by atoms with van der Waals surface area (Å²) in [5.74, 6) is 1.80. The highest BCUT2D eigenvalue weighted by Crippen LogP contribution is 2.25. The van der Waals surface area contributed by atoms with Gasteiger partial charge in [0.2, 0.25) is 0 Å². The first kappa shape index (κ1) is 12.2. The van der Waals surface area contributed by atoms with E-state index in [1.807, 2.05) is 6.92 Å². The maximum atomic E-state index is 5.64. The molecule has 3 heteroatoms. The third-order valence-electron chi connectivity index (χ3n) is 2.32. The minimum Gasteiger partial charge on any atom is -0.446 e. The van der Waals surface area contributed by atoms with Crippen LogP contribution in [0.25, 0.3) is 0 Å². The summed E-state index contributed by atoms with van der Waals surface area (Å²) in [4.78, 5) is 4.55. The second kappa shape index (κ2) is 4.79. The fourth-order valence-corrected chi connectivity index (χ4v) is 1.63. The van der Waals surface area contributed by atoms with Crippen LogP contribution in [0.4, 0.5) is 0 Å². The minimum atomic E-state index is 0.0734. The van der Waals surface area contributed by atoms with E-state index in [1.54, 1.807) is 0 Å². The number of hydrogen-bond acceptors (Lipinski definition) is 3. The van der Waals surface area contributed by atoms with E-state index in [1.165, 1.54) is 0 Å². The first-order chi connectivity index (χ1) is 6.95. The van der Waals surface area contributed by atoms with Crippen molar-refractivity contribution in [1.29, 1.82) is 0 Å². The molecular weight excluding hydrogens is 188 g/mol. The molecule has 0 aliphatic carbocycles. The molecule has 0 bridgehead atoms. The van der Waals surface area contributed by atoms with E-state index >= 15 is 0 Å². The third kappa shape index (κ3) is 3.34. The molecule has 1 aromatic heterocycles. The average molecular weight is 210 g/mol. The fraction of sp³-hybridized carbons (Fsp3) is 0.750. The molecule has 0 radical (unpaired) electrons. The monoisotopic (exact) mass is 210 g/mol. The van der Waals surface area contributed by atoms with Crippen molar-refractivity contribution in [2.75, 3.05) is 13.1 Å². The van der Waals surface area contributed by atoms with Gasteiger partial charge in [0.25, 0.3) is 0 Å². The van der Waals surface area contributed by atoms with Crippen molar-refractivity contribution in [3.63, 3.8) is 0 Å². The molecule has 0 fully saturated rings. The molecule has 1 aromatic rings. The van der Waals surface area contributed by atoms with Crippen molar-refractivity contribution in [2.45, 2.75) is 46.5 Å². The predicted molar refractivity (Wildman–Crippen MR) is 62.2 cm³/mol. The largest absolute Gasteiger partial charge is 0.446 e. The van der Waals surface area contributed by atoms with E-state index in [4.69, 9.17) is 4.42 Å². The van der Waals surface area contributed by atoms with Crippen molar-refractivity contribution < 1.29 is 4.42 Å². The summed E-state index contributed by atoms with van der Waals surface area (Å²) < 4.78 is 5.64. The Hall–Kier alpha value is -0.830. The van der Waals surface area contributed by atoms with E-state index in [0.29, 0.717) is 0 Å². The van der Waals surface area contributed by atoms with Gasteiger partial charge >= 0.3 is 0 Å². The lowest BCUT2D eigenvalue weighted by Crippen LogP contribution is -2.16. The highest BCUT2D eigenvalue weighted by molar-refractivity contribution is 5.17. The van der Waals surface area contributed by atoms with Gasteiger partial charge in [0.15, 0.2) is 5.89 Å². The lowest BCUT2D eigenvalue weighted by atomic mass is 9.91. The van der Waals surface area contributed by atoms with E-state index < -0.39 is 0 Å². The second-order valence-electron chi connectivity index (χ2n) is 4.87. The molecule has 15 heavy (non-hydrogen) atoms. The molecule has 1 rings (SSSR count). The summed E-state index contributed by atoms with van der Waals surface area (Å²) in [6.07, 6.45) is 0.866. The smallest absolute Gasteiger partial charge is 0.195 e. The lowest BCUT2D eigenvalue weighted by molar-refractivity contribution is 0.460. The van der Waals surface area contributed by atoms with Crippen LogP contribution in [0.2, 0.25) is 0 Å². The van der Waals surface area contributed by atoms with E-state index in [-0.39, 0.29) is 5.41 Å². The van der Waals surface area contributed by atoms with Crippen LogP contribution in [-0.4, -0.2) is 18.1 Å². The van der Waals surface area contributed by atoms with Gasteiger partial charge in [0.05, 0.1) is 5.69 Å². The molecule has 0 unspecified atom stereocenters. The molecule has 0 saturated heterocycles. The standard InChI is InChI=1S/C12H22N2O/c1-6-13-8-7-10-14-11(9(2)15-10)12(3,4)5/h13H,6-8H2,1-5H3. The Labute approximate surface area is 92.3 Å². The summed E-state index contributed by atoms with van der Waals surface area (Å²) in [7, 11) is 0. The van der Waals surface area contributed by atoms with Gasteiger partial charge in [-0.3, -0.25) is 0 Å². The van der Waals surface area contributed by atoms with Crippen LogP contribution >= 0.6 is 0 Å². The lowest BCUT2D eigenvalue weighted by Gasteiger charge is -2.14. The molecule has 86 valence electrons. The van der Waals surface area contributed by atoms with Gasteiger partial charge < -0.3 is 9.73 Å². The fourth-order valence-electron chi connectivity index (χ4n) is 1.63. The Balaban J connectivity index is 2.69. The Kier molecular flexibility index (Phi) is 3.91. The summed E-state index contributed by atoms with van der Waals surface area (Å²) in [6, 6.07) is 0. The molecule has 3 nitrogen and oxygen atoms in total. The van der Waals surface area contributed by atoms with Gasteiger partial charge in [-0.05, 0) is 13.5 Å². The molecule has 0 atom stereocenters. The normalized spacial score (nSPS) is 12.1. The average Bonchev–Trinajstić information content (AvgIpc) is 2.47. The van der Waals surface area contributed by atoms with Crippen LogP contribution in [-0.2, 0) is 11.8 Å². The number of nitrogens with one attached hydrogen (secondary N) is 1. The highest BCUT2D eigenvalue weighted by Gasteiger charge is 2.22. The maximum absolute atomic E-state index is 5.64. The summed E-state index contributed by atoms with van der Waals surface area (Å²) in [5.41, 5.74) is 1.15. The Morgan fingerprint density at radius 2 is 2.00 bits per heavy atom. The number of oxazole rings is 1. The van der Waals surface area contributed by atoms with Crippen molar-refractivity contribution in [3.8, 4) is 0 Å². The van der Waals surface area contributed by atoms with E-state index in [0.717, 1.165) is 36.9 Å². The zero-order chi connectivity index (χ0) is 11.5. The van der Waals surface area contributed by atoms with Crippen molar-refractivity contribution in [3.05, 3.63) is 17.3 Å². The second-order valence-corrected chi connectivity index (χ2v) is 4.87. The summed E-state index contributed by atoms with van der Waals surface area (Å²) in [5, 5.41) is 3.26. The van der Waals surface area contributed by atoms with Crippen LogP contribution in [0.1, 0.15) is 45.0 Å².